The maximum Gasteiger partial charge on any atom is 0.336 e. The van der Waals surface area contributed by atoms with Crippen molar-refractivity contribution in [3.8, 4) is 0 Å². The predicted molar refractivity (Wildman–Crippen MR) is 107 cm³/mol. The molecule has 0 amide bonds. The minimum Gasteiger partial charge on any atom is -0.459 e. The molecule has 3 N–H and O–H groups in total. The number of benzene rings is 2. The van der Waals surface area contributed by atoms with Crippen LogP contribution in [-0.4, -0.2) is 41.3 Å². The summed E-state index contributed by atoms with van der Waals surface area (Å²) in [7, 11) is 0. The summed E-state index contributed by atoms with van der Waals surface area (Å²) < 4.78 is 5.24. The third-order valence-corrected chi connectivity index (χ3v) is 5.22. The molecule has 0 bridgehead atoms. The zero-order valence-corrected chi connectivity index (χ0v) is 15.9. The van der Waals surface area contributed by atoms with E-state index in [4.69, 9.17) is 9.84 Å². The third kappa shape index (κ3) is 3.26. The summed E-state index contributed by atoms with van der Waals surface area (Å²) in [4.78, 5) is 26.2. The van der Waals surface area contributed by atoms with Crippen molar-refractivity contribution in [1.82, 2.24) is 5.32 Å². The molecular weight excluding hydrogens is 370 g/mol. The molecule has 148 valence electrons. The first-order chi connectivity index (χ1) is 14.0. The molecule has 0 fully saturated rings. The molecule has 1 aliphatic heterocycles. The number of carbonyl (C=O) groups excluding carboxylic acids is 2. The van der Waals surface area contributed by atoms with Gasteiger partial charge in [-0.3, -0.25) is 4.79 Å². The Balaban J connectivity index is 1.80. The van der Waals surface area contributed by atoms with Crippen LogP contribution >= 0.6 is 0 Å². The minimum absolute atomic E-state index is 0.120. The summed E-state index contributed by atoms with van der Waals surface area (Å²) in [5.41, 5.74) is 4.35. The number of dihydropyridines is 1. The molecule has 2 aliphatic rings. The molecule has 1 aliphatic carbocycles. The number of carbonyl (C=O) groups is 2. The van der Waals surface area contributed by atoms with Crippen molar-refractivity contribution in [3.05, 3.63) is 88.1 Å². The average Bonchev–Trinajstić information content (AvgIpc) is 3.03. The Hall–Kier alpha value is -3.22. The molecule has 2 unspecified atom stereocenters. The Morgan fingerprint density at radius 3 is 2.45 bits per heavy atom. The summed E-state index contributed by atoms with van der Waals surface area (Å²) in [5, 5.41) is 21.7. The van der Waals surface area contributed by atoms with Gasteiger partial charge in [0.1, 0.15) is 12.7 Å². The number of aliphatic hydroxyl groups is 2. The number of rotatable bonds is 5. The van der Waals surface area contributed by atoms with Gasteiger partial charge in [0, 0.05) is 28.3 Å². The van der Waals surface area contributed by atoms with Crippen molar-refractivity contribution >= 4 is 17.4 Å². The van der Waals surface area contributed by atoms with Gasteiger partial charge in [-0.2, -0.15) is 0 Å². The number of esters is 1. The van der Waals surface area contributed by atoms with Gasteiger partial charge >= 0.3 is 5.97 Å². The van der Waals surface area contributed by atoms with Crippen LogP contribution in [0.5, 0.6) is 0 Å². The Kier molecular flexibility index (Phi) is 5.05. The second kappa shape index (κ2) is 7.66. The first-order valence-corrected chi connectivity index (χ1v) is 9.40. The molecule has 0 radical (unpaired) electrons. The van der Waals surface area contributed by atoms with Crippen molar-refractivity contribution in [2.45, 2.75) is 18.9 Å². The predicted octanol–water partition coefficient (Wildman–Crippen LogP) is 2.15. The number of ether oxygens (including phenoxy) is 1. The van der Waals surface area contributed by atoms with Crippen LogP contribution in [0.2, 0.25) is 0 Å². The van der Waals surface area contributed by atoms with E-state index in [9.17, 15) is 14.7 Å². The van der Waals surface area contributed by atoms with E-state index >= 15 is 0 Å². The highest BCUT2D eigenvalue weighted by Gasteiger charge is 2.42. The zero-order chi connectivity index (χ0) is 20.5. The monoisotopic (exact) mass is 391 g/mol. The lowest BCUT2D eigenvalue weighted by Gasteiger charge is -2.29. The topological polar surface area (TPSA) is 95.9 Å². The highest BCUT2D eigenvalue weighted by Crippen LogP contribution is 2.46. The molecule has 2 aromatic carbocycles. The lowest BCUT2D eigenvalue weighted by atomic mass is 9.80. The Bertz CT molecular complexity index is 1040. The van der Waals surface area contributed by atoms with E-state index in [1.54, 1.807) is 13.0 Å². The highest BCUT2D eigenvalue weighted by molar-refractivity contribution is 6.23. The first-order valence-electron chi connectivity index (χ1n) is 9.40. The van der Waals surface area contributed by atoms with Crippen LogP contribution in [0.3, 0.4) is 0 Å². The van der Waals surface area contributed by atoms with Crippen LogP contribution in [0, 0.1) is 0 Å². The molecule has 6 heteroatoms. The van der Waals surface area contributed by atoms with Gasteiger partial charge in [-0.25, -0.2) is 4.79 Å². The molecule has 0 aromatic heterocycles. The van der Waals surface area contributed by atoms with Crippen LogP contribution < -0.4 is 5.32 Å². The zero-order valence-electron chi connectivity index (χ0n) is 15.9. The van der Waals surface area contributed by atoms with Gasteiger partial charge in [-0.1, -0.05) is 54.6 Å². The molecule has 6 nitrogen and oxygen atoms in total. The highest BCUT2D eigenvalue weighted by atomic mass is 16.5. The number of ketones is 1. The van der Waals surface area contributed by atoms with Gasteiger partial charge in [-0.05, 0) is 12.5 Å². The number of hydrogen-bond donors (Lipinski definition) is 3. The first kappa shape index (κ1) is 19.1. The van der Waals surface area contributed by atoms with E-state index in [1.807, 2.05) is 48.5 Å². The fraction of sp³-hybridized carbons (Fsp3) is 0.217. The van der Waals surface area contributed by atoms with Crippen molar-refractivity contribution in [3.63, 3.8) is 0 Å². The minimum atomic E-state index is -1.15. The molecule has 0 spiro atoms. The van der Waals surface area contributed by atoms with E-state index in [1.165, 1.54) is 0 Å². The van der Waals surface area contributed by atoms with Gasteiger partial charge in [0.2, 0.25) is 0 Å². The second-order valence-electron chi connectivity index (χ2n) is 7.11. The van der Waals surface area contributed by atoms with E-state index in [0.29, 0.717) is 28.1 Å². The number of hydrogen-bond acceptors (Lipinski definition) is 6. The van der Waals surface area contributed by atoms with Crippen LogP contribution in [0.25, 0.3) is 5.70 Å². The maximum absolute atomic E-state index is 13.3. The van der Waals surface area contributed by atoms with Gasteiger partial charge in [0.15, 0.2) is 5.78 Å². The number of aliphatic hydroxyl groups excluding tert-OH is 2. The van der Waals surface area contributed by atoms with E-state index in [2.05, 4.69) is 5.32 Å². The Morgan fingerprint density at radius 2 is 1.76 bits per heavy atom. The summed E-state index contributed by atoms with van der Waals surface area (Å²) >= 11 is 0. The van der Waals surface area contributed by atoms with Crippen molar-refractivity contribution in [2.24, 2.45) is 0 Å². The lowest BCUT2D eigenvalue weighted by molar-refractivity contribution is -0.143. The van der Waals surface area contributed by atoms with Crippen LogP contribution in [0.15, 0.2) is 71.4 Å². The van der Waals surface area contributed by atoms with Crippen molar-refractivity contribution in [1.29, 1.82) is 0 Å². The second-order valence-corrected chi connectivity index (χ2v) is 7.11. The standard InChI is InChI=1S/C23H21NO5/c1-13-18(23(28)29-12-15(26)11-25)19(14-7-3-2-4-8-14)20-21(24-13)16-9-5-6-10-17(16)22(20)27/h2-10,15,19,24-26H,11-12H2,1H3. The molecule has 0 saturated carbocycles. The lowest BCUT2D eigenvalue weighted by Crippen LogP contribution is -2.31. The van der Waals surface area contributed by atoms with Crippen molar-refractivity contribution < 1.29 is 24.5 Å². The van der Waals surface area contributed by atoms with Gasteiger partial charge < -0.3 is 20.3 Å². The largest absolute Gasteiger partial charge is 0.459 e. The number of nitrogens with one attached hydrogen (secondary N) is 1. The maximum atomic E-state index is 13.3. The molecular formula is C23H21NO5. The van der Waals surface area contributed by atoms with E-state index in [-0.39, 0.29) is 12.4 Å². The normalized spacial score (nSPS) is 18.9. The number of allylic oxidation sites excluding steroid dienone is 2. The van der Waals surface area contributed by atoms with Crippen LogP contribution in [0.4, 0.5) is 0 Å². The van der Waals surface area contributed by atoms with Gasteiger partial charge in [-0.15, -0.1) is 0 Å². The van der Waals surface area contributed by atoms with E-state index in [0.717, 1.165) is 11.1 Å². The van der Waals surface area contributed by atoms with Crippen molar-refractivity contribution in [2.75, 3.05) is 13.2 Å². The fourth-order valence-corrected chi connectivity index (χ4v) is 3.88. The number of fused-ring (bicyclic) bond motifs is 2. The summed E-state index contributed by atoms with van der Waals surface area (Å²) in [6.45, 7) is 0.937. The molecule has 2 atom stereocenters. The number of Topliss-reactive ketones (excluding diaryl/α,β-unsaturated/α-hetero) is 1. The molecule has 2 aromatic rings. The average molecular weight is 391 g/mol. The summed E-state index contributed by atoms with van der Waals surface area (Å²) in [6, 6.07) is 16.7. The van der Waals surface area contributed by atoms with Crippen LogP contribution in [-0.2, 0) is 9.53 Å². The molecule has 29 heavy (non-hydrogen) atoms. The summed E-state index contributed by atoms with van der Waals surface area (Å²) in [5.74, 6) is -1.34. The van der Waals surface area contributed by atoms with Gasteiger partial charge in [0.25, 0.3) is 0 Å². The Labute approximate surface area is 168 Å². The van der Waals surface area contributed by atoms with Crippen LogP contribution in [0.1, 0.15) is 34.3 Å². The quantitative estimate of drug-likeness (QED) is 0.676. The van der Waals surface area contributed by atoms with E-state index < -0.39 is 24.6 Å². The van der Waals surface area contributed by atoms with Gasteiger partial charge in [0.05, 0.1) is 17.9 Å². The molecule has 0 saturated heterocycles. The third-order valence-electron chi connectivity index (χ3n) is 5.22. The smallest absolute Gasteiger partial charge is 0.336 e. The molecule has 4 rings (SSSR count). The molecule has 1 heterocycles. The summed E-state index contributed by atoms with van der Waals surface area (Å²) in [6.07, 6.45) is -1.15. The fourth-order valence-electron chi connectivity index (χ4n) is 3.88. The SMILES string of the molecule is CC1=C(C(=O)OCC(O)CO)C(c2ccccc2)C2=C(N1)c1ccccc1C2=O. The Morgan fingerprint density at radius 1 is 1.10 bits per heavy atom.